The number of anilines is 1. The Bertz CT molecular complexity index is 695. The van der Waals surface area contributed by atoms with Gasteiger partial charge in [-0.1, -0.05) is 6.07 Å². The van der Waals surface area contributed by atoms with Crippen LogP contribution in [0.3, 0.4) is 0 Å². The molecule has 21 heavy (non-hydrogen) atoms. The molecule has 0 bridgehead atoms. The molecule has 106 valence electrons. The van der Waals surface area contributed by atoms with Gasteiger partial charge in [-0.15, -0.1) is 12.6 Å². The lowest BCUT2D eigenvalue weighted by atomic mass is 10.2. The quantitative estimate of drug-likeness (QED) is 0.675. The Balaban J connectivity index is 1.65. The van der Waals surface area contributed by atoms with Crippen LogP contribution in [-0.4, -0.2) is 12.7 Å². The van der Waals surface area contributed by atoms with Crippen LogP contribution in [0.4, 0.5) is 5.69 Å². The van der Waals surface area contributed by atoms with Gasteiger partial charge in [0.05, 0.1) is 0 Å². The van der Waals surface area contributed by atoms with E-state index in [2.05, 4.69) is 17.9 Å². The summed E-state index contributed by atoms with van der Waals surface area (Å²) < 4.78 is 10.5. The van der Waals surface area contributed by atoms with Gasteiger partial charge in [0.1, 0.15) is 0 Å². The van der Waals surface area contributed by atoms with Crippen molar-refractivity contribution in [3.05, 3.63) is 54.1 Å². The maximum atomic E-state index is 11.8. The minimum absolute atomic E-state index is 0.195. The van der Waals surface area contributed by atoms with Crippen LogP contribution in [0.15, 0.2) is 53.4 Å². The molecule has 1 N–H and O–H groups in total. The van der Waals surface area contributed by atoms with E-state index in [1.807, 2.05) is 30.3 Å². The zero-order valence-corrected chi connectivity index (χ0v) is 12.0. The second-order valence-corrected chi connectivity index (χ2v) is 5.00. The first-order valence-corrected chi connectivity index (χ1v) is 6.83. The van der Waals surface area contributed by atoms with Gasteiger partial charge in [-0.3, -0.25) is 4.79 Å². The van der Waals surface area contributed by atoms with Gasteiger partial charge in [-0.05, 0) is 48.0 Å². The third-order valence-corrected chi connectivity index (χ3v) is 3.26. The van der Waals surface area contributed by atoms with E-state index in [1.165, 1.54) is 6.08 Å². The number of ether oxygens (including phenoxy) is 2. The van der Waals surface area contributed by atoms with E-state index in [1.54, 1.807) is 18.2 Å². The second-order valence-electron chi connectivity index (χ2n) is 4.48. The largest absolute Gasteiger partial charge is 0.454 e. The molecule has 1 amide bonds. The van der Waals surface area contributed by atoms with Crippen molar-refractivity contribution in [3.8, 4) is 11.5 Å². The van der Waals surface area contributed by atoms with Crippen LogP contribution in [0.25, 0.3) is 6.08 Å². The highest BCUT2D eigenvalue weighted by molar-refractivity contribution is 7.80. The molecule has 2 aromatic rings. The Morgan fingerprint density at radius 1 is 1.10 bits per heavy atom. The molecule has 3 rings (SSSR count). The van der Waals surface area contributed by atoms with Gasteiger partial charge in [0.15, 0.2) is 11.5 Å². The fraction of sp³-hybridized carbons (Fsp3) is 0.0625. The van der Waals surface area contributed by atoms with E-state index in [0.717, 1.165) is 21.9 Å². The summed E-state index contributed by atoms with van der Waals surface area (Å²) in [6, 6.07) is 12.8. The van der Waals surface area contributed by atoms with Crippen LogP contribution in [0, 0.1) is 0 Å². The lowest BCUT2D eigenvalue weighted by Gasteiger charge is -2.02. The number of fused-ring (bicyclic) bond motifs is 1. The number of amides is 1. The van der Waals surface area contributed by atoms with Gasteiger partial charge < -0.3 is 14.8 Å². The number of nitrogens with one attached hydrogen (secondary N) is 1. The molecule has 0 saturated carbocycles. The van der Waals surface area contributed by atoms with E-state index in [4.69, 9.17) is 9.47 Å². The zero-order valence-electron chi connectivity index (χ0n) is 11.1. The first-order valence-electron chi connectivity index (χ1n) is 6.38. The van der Waals surface area contributed by atoms with Gasteiger partial charge >= 0.3 is 0 Å². The molecule has 0 aromatic heterocycles. The molecule has 0 aliphatic carbocycles. The maximum absolute atomic E-state index is 11.8. The normalized spacial score (nSPS) is 12.6. The summed E-state index contributed by atoms with van der Waals surface area (Å²) in [6.07, 6.45) is 3.20. The summed E-state index contributed by atoms with van der Waals surface area (Å²) in [5.74, 6) is 1.23. The van der Waals surface area contributed by atoms with Crippen LogP contribution >= 0.6 is 12.6 Å². The Labute approximate surface area is 127 Å². The van der Waals surface area contributed by atoms with Crippen molar-refractivity contribution in [2.75, 3.05) is 12.1 Å². The Hall–Kier alpha value is -2.40. The fourth-order valence-electron chi connectivity index (χ4n) is 1.92. The zero-order chi connectivity index (χ0) is 14.7. The lowest BCUT2D eigenvalue weighted by Crippen LogP contribution is -2.07. The van der Waals surface area contributed by atoms with Crippen molar-refractivity contribution < 1.29 is 14.3 Å². The number of carbonyl (C=O) groups excluding carboxylic acids is 1. The highest BCUT2D eigenvalue weighted by Crippen LogP contribution is 2.32. The molecule has 1 aliphatic heterocycles. The molecule has 1 heterocycles. The van der Waals surface area contributed by atoms with Crippen LogP contribution in [0.5, 0.6) is 11.5 Å². The Kier molecular flexibility index (Phi) is 3.83. The predicted molar refractivity (Wildman–Crippen MR) is 83.9 cm³/mol. The van der Waals surface area contributed by atoms with Gasteiger partial charge in [0, 0.05) is 16.7 Å². The summed E-state index contributed by atoms with van der Waals surface area (Å²) in [5, 5.41) is 2.78. The topological polar surface area (TPSA) is 47.6 Å². The summed E-state index contributed by atoms with van der Waals surface area (Å²) in [4.78, 5) is 12.7. The average molecular weight is 299 g/mol. The van der Waals surface area contributed by atoms with Crippen molar-refractivity contribution >= 4 is 30.3 Å². The number of hydrogen-bond donors (Lipinski definition) is 2. The predicted octanol–water partition coefficient (Wildman–Crippen LogP) is 3.36. The smallest absolute Gasteiger partial charge is 0.248 e. The molecular formula is C16H13NO3S. The molecule has 0 radical (unpaired) electrons. The summed E-state index contributed by atoms with van der Waals surface area (Å²) in [7, 11) is 0. The van der Waals surface area contributed by atoms with E-state index >= 15 is 0 Å². The van der Waals surface area contributed by atoms with Crippen LogP contribution in [0.1, 0.15) is 5.56 Å². The molecule has 4 nitrogen and oxygen atoms in total. The summed E-state index contributed by atoms with van der Waals surface area (Å²) >= 11 is 4.19. The monoisotopic (exact) mass is 299 g/mol. The molecule has 5 heteroatoms. The number of benzene rings is 2. The molecular weight excluding hydrogens is 286 g/mol. The van der Waals surface area contributed by atoms with Gasteiger partial charge in [0.2, 0.25) is 12.7 Å². The molecule has 2 aromatic carbocycles. The molecule has 0 saturated heterocycles. The number of thiol groups is 1. The SMILES string of the molecule is O=C(/C=C/c1ccc2c(c1)OCO2)Nc1ccc(S)cc1. The number of hydrogen-bond acceptors (Lipinski definition) is 4. The highest BCUT2D eigenvalue weighted by atomic mass is 32.1. The van der Waals surface area contributed by atoms with Gasteiger partial charge in [0.25, 0.3) is 0 Å². The molecule has 0 atom stereocenters. The fourth-order valence-corrected chi connectivity index (χ4v) is 2.07. The van der Waals surface area contributed by atoms with E-state index < -0.39 is 0 Å². The lowest BCUT2D eigenvalue weighted by molar-refractivity contribution is -0.111. The first-order chi connectivity index (χ1) is 10.2. The van der Waals surface area contributed by atoms with E-state index in [-0.39, 0.29) is 12.7 Å². The summed E-state index contributed by atoms with van der Waals surface area (Å²) in [6.45, 7) is 0.240. The van der Waals surface area contributed by atoms with Crippen molar-refractivity contribution in [3.63, 3.8) is 0 Å². The minimum Gasteiger partial charge on any atom is -0.454 e. The van der Waals surface area contributed by atoms with Crippen molar-refractivity contribution in [2.24, 2.45) is 0 Å². The number of rotatable bonds is 3. The second kappa shape index (κ2) is 5.93. The van der Waals surface area contributed by atoms with Crippen molar-refractivity contribution in [2.45, 2.75) is 4.90 Å². The third-order valence-electron chi connectivity index (χ3n) is 2.96. The molecule has 0 unspecified atom stereocenters. The number of carbonyl (C=O) groups is 1. The molecule has 0 spiro atoms. The molecule has 1 aliphatic rings. The van der Waals surface area contributed by atoms with Crippen molar-refractivity contribution in [1.29, 1.82) is 0 Å². The highest BCUT2D eigenvalue weighted by Gasteiger charge is 2.12. The van der Waals surface area contributed by atoms with Crippen molar-refractivity contribution in [1.82, 2.24) is 0 Å². The van der Waals surface area contributed by atoms with Crippen LogP contribution in [-0.2, 0) is 4.79 Å². The van der Waals surface area contributed by atoms with Crippen LogP contribution < -0.4 is 14.8 Å². The first kappa shape index (κ1) is 13.6. The van der Waals surface area contributed by atoms with Gasteiger partial charge in [-0.2, -0.15) is 0 Å². The minimum atomic E-state index is -0.195. The standard InChI is InChI=1S/C16H13NO3S/c18-16(17-12-3-5-13(21)6-4-12)8-2-11-1-7-14-15(9-11)20-10-19-14/h1-9,21H,10H2,(H,17,18)/b8-2+. The van der Waals surface area contributed by atoms with E-state index in [0.29, 0.717) is 5.75 Å². The average Bonchev–Trinajstić information content (AvgIpc) is 2.95. The summed E-state index contributed by atoms with van der Waals surface area (Å²) in [5.41, 5.74) is 1.60. The maximum Gasteiger partial charge on any atom is 0.248 e. The molecule has 0 fully saturated rings. The van der Waals surface area contributed by atoms with Crippen LogP contribution in [0.2, 0.25) is 0 Å². The Morgan fingerprint density at radius 2 is 1.86 bits per heavy atom. The van der Waals surface area contributed by atoms with Gasteiger partial charge in [-0.25, -0.2) is 0 Å². The van der Waals surface area contributed by atoms with E-state index in [9.17, 15) is 4.79 Å². The third kappa shape index (κ3) is 3.38. The Morgan fingerprint density at radius 3 is 2.67 bits per heavy atom.